The molecular weight excluding hydrogens is 188 g/mol. The quantitative estimate of drug-likeness (QED) is 0.751. The summed E-state index contributed by atoms with van der Waals surface area (Å²) in [6, 6.07) is 5.93. The van der Waals surface area contributed by atoms with Crippen LogP contribution in [0.15, 0.2) is 24.4 Å². The van der Waals surface area contributed by atoms with E-state index in [9.17, 15) is 0 Å². The zero-order chi connectivity index (χ0) is 10.8. The van der Waals surface area contributed by atoms with Crippen molar-refractivity contribution in [2.24, 2.45) is 0 Å². The number of ether oxygens (including phenoxy) is 1. The first-order chi connectivity index (χ1) is 7.22. The maximum absolute atomic E-state index is 5.07. The van der Waals surface area contributed by atoms with Crippen LogP contribution in [-0.2, 0) is 0 Å². The molecule has 2 aromatic heterocycles. The number of hydrogen-bond donors (Lipinski definition) is 0. The molecule has 2 aromatic rings. The van der Waals surface area contributed by atoms with Crippen LogP contribution in [0.3, 0.4) is 0 Å². The van der Waals surface area contributed by atoms with Gasteiger partial charge in [-0.1, -0.05) is 13.8 Å². The van der Waals surface area contributed by atoms with Gasteiger partial charge >= 0.3 is 0 Å². The summed E-state index contributed by atoms with van der Waals surface area (Å²) in [6.07, 6.45) is 1.80. The van der Waals surface area contributed by atoms with Gasteiger partial charge in [0.1, 0.15) is 0 Å². The zero-order valence-corrected chi connectivity index (χ0v) is 9.19. The summed E-state index contributed by atoms with van der Waals surface area (Å²) in [5.41, 5.74) is 2.02. The molecular formula is C12H14N2O. The van der Waals surface area contributed by atoms with Crippen LogP contribution in [0.1, 0.15) is 25.3 Å². The lowest BCUT2D eigenvalue weighted by atomic mass is 10.0. The maximum atomic E-state index is 5.07. The normalized spacial score (nSPS) is 10.9. The monoisotopic (exact) mass is 202 g/mol. The van der Waals surface area contributed by atoms with Crippen LogP contribution in [-0.4, -0.2) is 17.1 Å². The molecule has 0 aliphatic carbocycles. The average molecular weight is 202 g/mol. The summed E-state index contributed by atoms with van der Waals surface area (Å²) in [4.78, 5) is 8.55. The molecule has 0 radical (unpaired) electrons. The minimum atomic E-state index is 0.477. The fourth-order valence-electron chi connectivity index (χ4n) is 1.65. The van der Waals surface area contributed by atoms with Crippen molar-refractivity contribution in [3.05, 3.63) is 30.0 Å². The van der Waals surface area contributed by atoms with Gasteiger partial charge in [0.15, 0.2) is 5.65 Å². The summed E-state index contributed by atoms with van der Waals surface area (Å²) in [5, 5.41) is 1.10. The molecule has 2 heterocycles. The van der Waals surface area contributed by atoms with Crippen LogP contribution in [0.4, 0.5) is 0 Å². The summed E-state index contributed by atoms with van der Waals surface area (Å²) in [6.45, 7) is 4.33. The molecule has 3 heteroatoms. The Morgan fingerprint density at radius 1 is 1.20 bits per heavy atom. The van der Waals surface area contributed by atoms with E-state index in [0.717, 1.165) is 11.0 Å². The molecule has 78 valence electrons. The molecule has 0 aliphatic rings. The van der Waals surface area contributed by atoms with E-state index in [1.54, 1.807) is 13.3 Å². The third-order valence-corrected chi connectivity index (χ3v) is 2.44. The van der Waals surface area contributed by atoms with Gasteiger partial charge in [-0.15, -0.1) is 0 Å². The van der Waals surface area contributed by atoms with Crippen molar-refractivity contribution in [2.45, 2.75) is 19.8 Å². The average Bonchev–Trinajstić information content (AvgIpc) is 2.27. The Morgan fingerprint density at radius 3 is 2.67 bits per heavy atom. The minimum absolute atomic E-state index is 0.477. The molecule has 3 nitrogen and oxygen atoms in total. The van der Waals surface area contributed by atoms with E-state index in [-0.39, 0.29) is 0 Å². The van der Waals surface area contributed by atoms with Gasteiger partial charge < -0.3 is 4.74 Å². The lowest BCUT2D eigenvalue weighted by Gasteiger charge is -2.09. The Morgan fingerprint density at radius 2 is 2.00 bits per heavy atom. The maximum Gasteiger partial charge on any atom is 0.215 e. The van der Waals surface area contributed by atoms with Gasteiger partial charge in [-0.05, 0) is 23.6 Å². The summed E-state index contributed by atoms with van der Waals surface area (Å²) >= 11 is 0. The molecule has 2 rings (SSSR count). The Labute approximate surface area is 89.1 Å². The molecule has 15 heavy (non-hydrogen) atoms. The highest BCUT2D eigenvalue weighted by atomic mass is 16.5. The van der Waals surface area contributed by atoms with E-state index in [1.807, 2.05) is 18.2 Å². The first kappa shape index (κ1) is 9.90. The first-order valence-corrected chi connectivity index (χ1v) is 5.02. The van der Waals surface area contributed by atoms with Gasteiger partial charge in [0, 0.05) is 17.6 Å². The van der Waals surface area contributed by atoms with Crippen molar-refractivity contribution in [1.29, 1.82) is 0 Å². The Balaban J connectivity index is 2.67. The molecule has 0 atom stereocenters. The molecule has 0 fully saturated rings. The van der Waals surface area contributed by atoms with Crippen molar-refractivity contribution in [1.82, 2.24) is 9.97 Å². The molecule has 0 N–H and O–H groups in total. The van der Waals surface area contributed by atoms with Crippen LogP contribution in [0.5, 0.6) is 5.88 Å². The number of nitrogens with zero attached hydrogens (tertiary/aromatic N) is 2. The second kappa shape index (κ2) is 3.85. The van der Waals surface area contributed by atoms with E-state index in [1.165, 1.54) is 5.56 Å². The van der Waals surface area contributed by atoms with Gasteiger partial charge in [-0.3, -0.25) is 0 Å². The predicted octanol–water partition coefficient (Wildman–Crippen LogP) is 2.76. The SMILES string of the molecule is COc1ccc2c(C(C)C)ccnc2n1. The predicted molar refractivity (Wildman–Crippen MR) is 60.2 cm³/mol. The fourth-order valence-corrected chi connectivity index (χ4v) is 1.65. The van der Waals surface area contributed by atoms with Gasteiger partial charge in [-0.25, -0.2) is 4.98 Å². The van der Waals surface area contributed by atoms with Crippen molar-refractivity contribution >= 4 is 11.0 Å². The molecule has 0 amide bonds. The van der Waals surface area contributed by atoms with Crippen LogP contribution in [0, 0.1) is 0 Å². The second-order valence-corrected chi connectivity index (χ2v) is 3.78. The topological polar surface area (TPSA) is 35.0 Å². The number of hydrogen-bond acceptors (Lipinski definition) is 3. The van der Waals surface area contributed by atoms with E-state index < -0.39 is 0 Å². The standard InChI is InChI=1S/C12H14N2O/c1-8(2)9-6-7-13-12-10(9)4-5-11(14-12)15-3/h4-8H,1-3H3. The molecule has 0 unspecified atom stereocenters. The number of fused-ring (bicyclic) bond motifs is 1. The number of pyridine rings is 2. The highest BCUT2D eigenvalue weighted by Gasteiger charge is 2.07. The van der Waals surface area contributed by atoms with Crippen LogP contribution < -0.4 is 4.74 Å². The third-order valence-electron chi connectivity index (χ3n) is 2.44. The second-order valence-electron chi connectivity index (χ2n) is 3.78. The smallest absolute Gasteiger partial charge is 0.215 e. The van der Waals surface area contributed by atoms with Gasteiger partial charge in [-0.2, -0.15) is 4.98 Å². The summed E-state index contributed by atoms with van der Waals surface area (Å²) < 4.78 is 5.07. The summed E-state index contributed by atoms with van der Waals surface area (Å²) in [5.74, 6) is 1.08. The first-order valence-electron chi connectivity index (χ1n) is 5.02. The molecule has 0 saturated carbocycles. The zero-order valence-electron chi connectivity index (χ0n) is 9.19. The van der Waals surface area contributed by atoms with Crippen molar-refractivity contribution < 1.29 is 4.74 Å². The van der Waals surface area contributed by atoms with E-state index in [4.69, 9.17) is 4.74 Å². The van der Waals surface area contributed by atoms with Crippen molar-refractivity contribution in [2.75, 3.05) is 7.11 Å². The number of methoxy groups -OCH3 is 1. The van der Waals surface area contributed by atoms with Crippen molar-refractivity contribution in [3.8, 4) is 5.88 Å². The Bertz CT molecular complexity index is 480. The van der Waals surface area contributed by atoms with E-state index in [2.05, 4.69) is 23.8 Å². The number of rotatable bonds is 2. The lowest BCUT2D eigenvalue weighted by molar-refractivity contribution is 0.399. The lowest BCUT2D eigenvalue weighted by Crippen LogP contribution is -1.94. The largest absolute Gasteiger partial charge is 0.481 e. The molecule has 0 saturated heterocycles. The minimum Gasteiger partial charge on any atom is -0.481 e. The molecule has 0 aliphatic heterocycles. The van der Waals surface area contributed by atoms with Crippen molar-refractivity contribution in [3.63, 3.8) is 0 Å². The van der Waals surface area contributed by atoms with Crippen LogP contribution >= 0.6 is 0 Å². The van der Waals surface area contributed by atoms with Crippen LogP contribution in [0.2, 0.25) is 0 Å². The Hall–Kier alpha value is -1.64. The van der Waals surface area contributed by atoms with Gasteiger partial charge in [0.25, 0.3) is 0 Å². The summed E-state index contributed by atoms with van der Waals surface area (Å²) in [7, 11) is 1.61. The van der Waals surface area contributed by atoms with Gasteiger partial charge in [0.2, 0.25) is 5.88 Å². The highest BCUT2D eigenvalue weighted by molar-refractivity contribution is 5.79. The van der Waals surface area contributed by atoms with E-state index in [0.29, 0.717) is 11.8 Å². The molecule has 0 spiro atoms. The van der Waals surface area contributed by atoms with Crippen LogP contribution in [0.25, 0.3) is 11.0 Å². The molecule has 0 aromatic carbocycles. The Kier molecular flexibility index (Phi) is 2.54. The third kappa shape index (κ3) is 1.77. The number of aromatic nitrogens is 2. The highest BCUT2D eigenvalue weighted by Crippen LogP contribution is 2.24. The van der Waals surface area contributed by atoms with Gasteiger partial charge in [0.05, 0.1) is 7.11 Å². The van der Waals surface area contributed by atoms with E-state index >= 15 is 0 Å². The molecule has 0 bridgehead atoms. The fraction of sp³-hybridized carbons (Fsp3) is 0.333.